The summed E-state index contributed by atoms with van der Waals surface area (Å²) in [5.74, 6) is -0.778. The molecule has 3 aromatic heterocycles. The summed E-state index contributed by atoms with van der Waals surface area (Å²) < 4.78 is 4.99. The van der Waals surface area contributed by atoms with Gasteiger partial charge in [0.25, 0.3) is 5.91 Å². The van der Waals surface area contributed by atoms with Crippen LogP contribution in [-0.4, -0.2) is 46.1 Å². The highest BCUT2D eigenvalue weighted by Crippen LogP contribution is 2.36. The van der Waals surface area contributed by atoms with Crippen LogP contribution in [0.2, 0.25) is 0 Å². The number of nitrogens with one attached hydrogen (secondary N) is 2. The van der Waals surface area contributed by atoms with E-state index < -0.39 is 5.97 Å². The van der Waals surface area contributed by atoms with Gasteiger partial charge in [0.2, 0.25) is 0 Å². The minimum atomic E-state index is -0.506. The molecule has 0 fully saturated rings. The molecule has 9 heteroatoms. The van der Waals surface area contributed by atoms with Crippen LogP contribution < -0.4 is 5.32 Å². The second kappa shape index (κ2) is 9.97. The Morgan fingerprint density at radius 3 is 2.57 bits per heavy atom. The van der Waals surface area contributed by atoms with Gasteiger partial charge in [-0.3, -0.25) is 14.8 Å². The van der Waals surface area contributed by atoms with Crippen LogP contribution in [0.1, 0.15) is 53.8 Å². The van der Waals surface area contributed by atoms with Gasteiger partial charge in [0, 0.05) is 35.3 Å². The van der Waals surface area contributed by atoms with Crippen LogP contribution in [-0.2, 0) is 17.8 Å². The number of aromatic amines is 1. The zero-order chi connectivity index (χ0) is 25.3. The van der Waals surface area contributed by atoms with Gasteiger partial charge in [0.1, 0.15) is 9.71 Å². The zero-order valence-electron chi connectivity index (χ0n) is 20.8. The summed E-state index contributed by atoms with van der Waals surface area (Å²) in [6.07, 6.45) is 0. The molecule has 0 saturated carbocycles. The number of hydrogen-bond donors (Lipinski definition) is 2. The number of aromatic nitrogens is 3. The van der Waals surface area contributed by atoms with E-state index in [1.54, 1.807) is 6.07 Å². The summed E-state index contributed by atoms with van der Waals surface area (Å²) in [6.45, 7) is 9.24. The molecule has 35 heavy (non-hydrogen) atoms. The van der Waals surface area contributed by atoms with Crippen molar-refractivity contribution in [3.63, 3.8) is 0 Å². The zero-order valence-corrected chi connectivity index (χ0v) is 21.6. The van der Waals surface area contributed by atoms with Gasteiger partial charge in [-0.2, -0.15) is 5.10 Å². The van der Waals surface area contributed by atoms with E-state index in [2.05, 4.69) is 20.4 Å². The molecule has 0 aliphatic rings. The number of ether oxygens (including phenoxy) is 1. The van der Waals surface area contributed by atoms with Gasteiger partial charge in [0.05, 0.1) is 24.2 Å². The van der Waals surface area contributed by atoms with Crippen LogP contribution in [0.4, 0.5) is 5.69 Å². The molecule has 0 radical (unpaired) electrons. The van der Waals surface area contributed by atoms with Crippen molar-refractivity contribution in [1.82, 2.24) is 20.1 Å². The average molecular weight is 492 g/mol. The number of hydrogen-bond acceptors (Lipinski definition) is 7. The van der Waals surface area contributed by atoms with Crippen molar-refractivity contribution >= 4 is 39.1 Å². The predicted octanol–water partition coefficient (Wildman–Crippen LogP) is 4.92. The molecule has 2 N–H and O–H groups in total. The number of carbonyl (C=O) groups is 2. The number of nitrogens with zero attached hydrogens (tertiary/aromatic N) is 3. The first-order valence-corrected chi connectivity index (χ1v) is 12.1. The number of anilines is 1. The molecule has 0 aliphatic heterocycles. The van der Waals surface area contributed by atoms with Crippen LogP contribution in [0.3, 0.4) is 0 Å². The first-order chi connectivity index (χ1) is 16.7. The monoisotopic (exact) mass is 491 g/mol. The molecule has 0 bridgehead atoms. The third kappa shape index (κ3) is 4.96. The Hall–Kier alpha value is -3.56. The molecule has 1 aromatic carbocycles. The van der Waals surface area contributed by atoms with Gasteiger partial charge in [-0.15, -0.1) is 11.3 Å². The first-order valence-electron chi connectivity index (χ1n) is 11.3. The molecule has 182 valence electrons. The van der Waals surface area contributed by atoms with Crippen LogP contribution in [0.5, 0.6) is 0 Å². The van der Waals surface area contributed by atoms with Crippen LogP contribution >= 0.6 is 11.3 Å². The standard InChI is InChI=1S/C26H29N5O3S/c1-14-8-7-9-19(15(14)2)24(32)28-22-20-11-10-18(27-25(20)35-23(22)26(33)34-6)12-31(5)13-21-16(3)29-30-17(21)4/h7-11H,12-13H2,1-6H3,(H,28,32)(H,29,30). The van der Waals surface area contributed by atoms with E-state index in [-0.39, 0.29) is 5.91 Å². The van der Waals surface area contributed by atoms with Crippen molar-refractivity contribution in [2.24, 2.45) is 0 Å². The SMILES string of the molecule is COC(=O)c1sc2nc(CN(C)Cc3c(C)n[nH]c3C)ccc2c1NC(=O)c1cccc(C)c1C. The Kier molecular flexibility index (Phi) is 7.00. The van der Waals surface area contributed by atoms with E-state index in [1.807, 2.05) is 59.0 Å². The van der Waals surface area contributed by atoms with Gasteiger partial charge in [-0.05, 0) is 64.1 Å². The number of fused-ring (bicyclic) bond motifs is 1. The van der Waals surface area contributed by atoms with E-state index in [0.29, 0.717) is 32.9 Å². The highest BCUT2D eigenvalue weighted by atomic mass is 32.1. The summed E-state index contributed by atoms with van der Waals surface area (Å²) in [7, 11) is 3.36. The number of aryl methyl sites for hydroxylation is 3. The summed E-state index contributed by atoms with van der Waals surface area (Å²) >= 11 is 1.22. The summed E-state index contributed by atoms with van der Waals surface area (Å²) in [6, 6.07) is 9.42. The van der Waals surface area contributed by atoms with Crippen molar-refractivity contribution in [3.8, 4) is 0 Å². The Balaban J connectivity index is 1.63. The van der Waals surface area contributed by atoms with Crippen molar-refractivity contribution in [2.75, 3.05) is 19.5 Å². The highest BCUT2D eigenvalue weighted by Gasteiger charge is 2.23. The fourth-order valence-corrected chi connectivity index (χ4v) is 5.12. The van der Waals surface area contributed by atoms with Gasteiger partial charge in [-0.1, -0.05) is 12.1 Å². The lowest BCUT2D eigenvalue weighted by Crippen LogP contribution is -2.18. The second-order valence-corrected chi connectivity index (χ2v) is 9.74. The number of benzene rings is 1. The van der Waals surface area contributed by atoms with E-state index >= 15 is 0 Å². The molecular weight excluding hydrogens is 462 g/mol. The van der Waals surface area contributed by atoms with Gasteiger partial charge in [0.15, 0.2) is 0 Å². The number of pyridine rings is 1. The number of amides is 1. The second-order valence-electron chi connectivity index (χ2n) is 8.74. The quantitative estimate of drug-likeness (QED) is 0.356. The molecule has 0 aliphatic carbocycles. The fraction of sp³-hybridized carbons (Fsp3) is 0.308. The largest absolute Gasteiger partial charge is 0.465 e. The molecule has 4 aromatic rings. The molecule has 0 atom stereocenters. The number of esters is 1. The van der Waals surface area contributed by atoms with Crippen molar-refractivity contribution in [3.05, 3.63) is 74.5 Å². The maximum absolute atomic E-state index is 13.1. The van der Waals surface area contributed by atoms with Gasteiger partial charge >= 0.3 is 5.97 Å². The normalized spacial score (nSPS) is 11.3. The summed E-state index contributed by atoms with van der Waals surface area (Å²) in [5.41, 5.74) is 7.01. The molecule has 0 unspecified atom stereocenters. The molecule has 0 saturated heterocycles. The topological polar surface area (TPSA) is 100 Å². The lowest BCUT2D eigenvalue weighted by atomic mass is 10.0. The van der Waals surface area contributed by atoms with Crippen LogP contribution in [0.15, 0.2) is 30.3 Å². The van der Waals surface area contributed by atoms with E-state index in [1.165, 1.54) is 24.0 Å². The number of rotatable bonds is 7. The first kappa shape index (κ1) is 24.6. The Morgan fingerprint density at radius 2 is 1.89 bits per heavy atom. The smallest absolute Gasteiger partial charge is 0.350 e. The number of H-pyrrole nitrogens is 1. The summed E-state index contributed by atoms with van der Waals surface area (Å²) in [5, 5.41) is 10.9. The molecule has 1 amide bonds. The molecule has 3 heterocycles. The number of methoxy groups -OCH3 is 1. The van der Waals surface area contributed by atoms with E-state index in [4.69, 9.17) is 9.72 Å². The predicted molar refractivity (Wildman–Crippen MR) is 138 cm³/mol. The van der Waals surface area contributed by atoms with Crippen molar-refractivity contribution in [1.29, 1.82) is 0 Å². The molecular formula is C26H29N5O3S. The molecule has 8 nitrogen and oxygen atoms in total. The minimum Gasteiger partial charge on any atom is -0.465 e. The fourth-order valence-electron chi connectivity index (χ4n) is 4.05. The number of thiophene rings is 1. The van der Waals surface area contributed by atoms with E-state index in [9.17, 15) is 9.59 Å². The maximum Gasteiger partial charge on any atom is 0.350 e. The third-order valence-corrected chi connectivity index (χ3v) is 7.29. The van der Waals surface area contributed by atoms with Crippen molar-refractivity contribution in [2.45, 2.75) is 40.8 Å². The molecule has 0 spiro atoms. The molecule has 4 rings (SSSR count). The maximum atomic E-state index is 13.1. The third-order valence-electron chi connectivity index (χ3n) is 6.21. The van der Waals surface area contributed by atoms with Crippen molar-refractivity contribution < 1.29 is 14.3 Å². The lowest BCUT2D eigenvalue weighted by Gasteiger charge is -2.16. The summed E-state index contributed by atoms with van der Waals surface area (Å²) in [4.78, 5) is 33.6. The van der Waals surface area contributed by atoms with Crippen LogP contribution in [0.25, 0.3) is 10.2 Å². The Morgan fingerprint density at radius 1 is 1.11 bits per heavy atom. The van der Waals surface area contributed by atoms with E-state index in [0.717, 1.165) is 34.8 Å². The van der Waals surface area contributed by atoms with Gasteiger partial charge in [-0.25, -0.2) is 9.78 Å². The van der Waals surface area contributed by atoms with Gasteiger partial charge < -0.3 is 10.1 Å². The Bertz CT molecular complexity index is 1400. The number of carbonyl (C=O) groups excluding carboxylic acids is 2. The lowest BCUT2D eigenvalue weighted by molar-refractivity contribution is 0.0607. The van der Waals surface area contributed by atoms with Crippen LogP contribution in [0, 0.1) is 27.7 Å². The Labute approximate surface area is 208 Å². The highest BCUT2D eigenvalue weighted by molar-refractivity contribution is 7.21. The average Bonchev–Trinajstić information content (AvgIpc) is 3.34. The minimum absolute atomic E-state index is 0.272.